The van der Waals surface area contributed by atoms with E-state index in [1.54, 1.807) is 13.8 Å². The van der Waals surface area contributed by atoms with Gasteiger partial charge in [0.05, 0.1) is 25.3 Å². The van der Waals surface area contributed by atoms with Crippen LogP contribution in [0.4, 0.5) is 0 Å². The van der Waals surface area contributed by atoms with Crippen molar-refractivity contribution in [1.82, 2.24) is 9.88 Å². The first-order valence-corrected chi connectivity index (χ1v) is 10.8. The SMILES string of the molecule is CCOC(=O)C[C@]1(C(=O)OCC)c2[nH]c3ccccc3c2CCN1Cc1ccccc1. The van der Waals surface area contributed by atoms with Crippen LogP contribution in [-0.2, 0) is 37.6 Å². The van der Waals surface area contributed by atoms with Crippen molar-refractivity contribution >= 4 is 22.8 Å². The maximum absolute atomic E-state index is 13.6. The number of ether oxygens (including phenoxy) is 2. The third kappa shape index (κ3) is 3.83. The van der Waals surface area contributed by atoms with Crippen LogP contribution in [-0.4, -0.2) is 41.6 Å². The van der Waals surface area contributed by atoms with Crippen LogP contribution in [0, 0.1) is 0 Å². The highest BCUT2D eigenvalue weighted by atomic mass is 16.5. The summed E-state index contributed by atoms with van der Waals surface area (Å²) in [4.78, 5) is 31.9. The van der Waals surface area contributed by atoms with E-state index in [-0.39, 0.29) is 19.6 Å². The normalized spacial score (nSPS) is 18.5. The van der Waals surface area contributed by atoms with Gasteiger partial charge in [-0.15, -0.1) is 0 Å². The van der Waals surface area contributed by atoms with Crippen LogP contribution in [0.25, 0.3) is 10.9 Å². The number of aromatic nitrogens is 1. The Morgan fingerprint density at radius 2 is 1.71 bits per heavy atom. The average Bonchev–Trinajstić information content (AvgIpc) is 3.16. The second-order valence-corrected chi connectivity index (χ2v) is 7.74. The van der Waals surface area contributed by atoms with E-state index < -0.39 is 17.5 Å². The van der Waals surface area contributed by atoms with Crippen molar-refractivity contribution in [3.05, 3.63) is 71.4 Å². The number of nitrogens with zero attached hydrogens (tertiary/aromatic N) is 1. The first-order chi connectivity index (χ1) is 15.1. The Hall–Kier alpha value is -3.12. The van der Waals surface area contributed by atoms with E-state index in [0.717, 1.165) is 34.1 Å². The molecule has 0 unspecified atom stereocenters. The van der Waals surface area contributed by atoms with E-state index >= 15 is 0 Å². The molecule has 1 aliphatic rings. The van der Waals surface area contributed by atoms with Gasteiger partial charge in [0.1, 0.15) is 0 Å². The number of fused-ring (bicyclic) bond motifs is 3. The molecule has 6 nitrogen and oxygen atoms in total. The molecular formula is C25H28N2O4. The Balaban J connectivity index is 1.89. The zero-order valence-corrected chi connectivity index (χ0v) is 18.0. The summed E-state index contributed by atoms with van der Waals surface area (Å²) >= 11 is 0. The Kier molecular flexibility index (Phi) is 6.09. The van der Waals surface area contributed by atoms with Crippen molar-refractivity contribution < 1.29 is 19.1 Å². The summed E-state index contributed by atoms with van der Waals surface area (Å²) in [5.41, 5.74) is 2.55. The molecule has 1 N–H and O–H groups in total. The minimum absolute atomic E-state index is 0.105. The van der Waals surface area contributed by atoms with E-state index in [4.69, 9.17) is 9.47 Å². The fraction of sp³-hybridized carbons (Fsp3) is 0.360. The number of rotatable bonds is 7. The van der Waals surface area contributed by atoms with Gasteiger partial charge in [-0.3, -0.25) is 9.69 Å². The summed E-state index contributed by atoms with van der Waals surface area (Å²) in [7, 11) is 0. The van der Waals surface area contributed by atoms with Gasteiger partial charge in [-0.1, -0.05) is 48.5 Å². The van der Waals surface area contributed by atoms with Crippen LogP contribution >= 0.6 is 0 Å². The van der Waals surface area contributed by atoms with Crippen LogP contribution in [0.15, 0.2) is 54.6 Å². The van der Waals surface area contributed by atoms with Crippen LogP contribution in [0.5, 0.6) is 0 Å². The summed E-state index contributed by atoms with van der Waals surface area (Å²) in [5, 5.41) is 1.08. The molecular weight excluding hydrogens is 392 g/mol. The number of aromatic amines is 1. The number of H-pyrrole nitrogens is 1. The molecule has 4 rings (SSSR count). The molecule has 3 aromatic rings. The number of para-hydroxylation sites is 1. The van der Waals surface area contributed by atoms with Gasteiger partial charge in [0, 0.05) is 24.0 Å². The Bertz CT molecular complexity index is 1080. The lowest BCUT2D eigenvalue weighted by atomic mass is 9.81. The maximum atomic E-state index is 13.6. The maximum Gasteiger partial charge on any atom is 0.333 e. The standard InChI is InChI=1S/C25H28N2O4/c1-3-30-22(28)16-25(24(29)31-4-2)23-20(19-12-8-9-13-21(19)26-23)14-15-27(25)17-18-10-6-5-7-11-18/h5-13,26H,3-4,14-17H2,1-2H3/t25-/m1/s1. The van der Waals surface area contributed by atoms with Gasteiger partial charge >= 0.3 is 11.9 Å². The zero-order chi connectivity index (χ0) is 21.8. The molecule has 6 heteroatoms. The minimum Gasteiger partial charge on any atom is -0.466 e. The van der Waals surface area contributed by atoms with E-state index in [0.29, 0.717) is 13.1 Å². The number of benzene rings is 2. The lowest BCUT2D eigenvalue weighted by Crippen LogP contribution is -2.57. The summed E-state index contributed by atoms with van der Waals surface area (Å²) in [6.45, 7) is 5.20. The largest absolute Gasteiger partial charge is 0.466 e. The average molecular weight is 421 g/mol. The number of hydrogen-bond acceptors (Lipinski definition) is 5. The Labute approximate surface area is 182 Å². The number of esters is 2. The molecule has 1 aliphatic heterocycles. The number of hydrogen-bond donors (Lipinski definition) is 1. The molecule has 2 heterocycles. The van der Waals surface area contributed by atoms with E-state index in [1.807, 2.05) is 48.5 Å². The first kappa shape index (κ1) is 21.1. The Morgan fingerprint density at radius 3 is 2.45 bits per heavy atom. The molecule has 2 aromatic carbocycles. The summed E-state index contributed by atoms with van der Waals surface area (Å²) in [5.74, 6) is -0.841. The number of carbonyl (C=O) groups is 2. The molecule has 0 saturated carbocycles. The van der Waals surface area contributed by atoms with Crippen LogP contribution < -0.4 is 0 Å². The van der Waals surface area contributed by atoms with Gasteiger partial charge in [0.2, 0.25) is 0 Å². The van der Waals surface area contributed by atoms with Gasteiger partial charge in [-0.25, -0.2) is 4.79 Å². The van der Waals surface area contributed by atoms with Crippen molar-refractivity contribution in [3.8, 4) is 0 Å². The second kappa shape index (κ2) is 8.94. The molecule has 0 radical (unpaired) electrons. The predicted octanol–water partition coefficient (Wildman–Crippen LogP) is 3.94. The summed E-state index contributed by atoms with van der Waals surface area (Å²) in [6, 6.07) is 18.0. The lowest BCUT2D eigenvalue weighted by Gasteiger charge is -2.44. The quantitative estimate of drug-likeness (QED) is 0.586. The third-order valence-corrected chi connectivity index (χ3v) is 5.93. The monoisotopic (exact) mass is 420 g/mol. The molecule has 1 atom stereocenters. The highest BCUT2D eigenvalue weighted by molar-refractivity contribution is 5.93. The van der Waals surface area contributed by atoms with Gasteiger partial charge in [0.25, 0.3) is 0 Å². The smallest absolute Gasteiger partial charge is 0.333 e. The molecule has 31 heavy (non-hydrogen) atoms. The molecule has 0 amide bonds. The molecule has 1 aromatic heterocycles. The highest BCUT2D eigenvalue weighted by Gasteiger charge is 2.53. The van der Waals surface area contributed by atoms with Crippen molar-refractivity contribution in [2.24, 2.45) is 0 Å². The van der Waals surface area contributed by atoms with Crippen LogP contribution in [0.3, 0.4) is 0 Å². The molecule has 0 saturated heterocycles. The van der Waals surface area contributed by atoms with Gasteiger partial charge < -0.3 is 14.5 Å². The van der Waals surface area contributed by atoms with Crippen molar-refractivity contribution in [1.29, 1.82) is 0 Å². The fourth-order valence-electron chi connectivity index (χ4n) is 4.60. The third-order valence-electron chi connectivity index (χ3n) is 5.93. The summed E-state index contributed by atoms with van der Waals surface area (Å²) in [6.07, 6.45) is 0.669. The molecule has 0 aliphatic carbocycles. The number of carbonyl (C=O) groups excluding carboxylic acids is 2. The van der Waals surface area contributed by atoms with Gasteiger partial charge in [-0.05, 0) is 37.5 Å². The predicted molar refractivity (Wildman–Crippen MR) is 118 cm³/mol. The van der Waals surface area contributed by atoms with E-state index in [2.05, 4.69) is 16.0 Å². The van der Waals surface area contributed by atoms with E-state index in [9.17, 15) is 9.59 Å². The highest BCUT2D eigenvalue weighted by Crippen LogP contribution is 2.43. The van der Waals surface area contributed by atoms with Crippen LogP contribution in [0.2, 0.25) is 0 Å². The lowest BCUT2D eigenvalue weighted by molar-refractivity contribution is -0.168. The molecule has 0 bridgehead atoms. The van der Waals surface area contributed by atoms with Crippen molar-refractivity contribution in [3.63, 3.8) is 0 Å². The minimum atomic E-state index is -1.27. The van der Waals surface area contributed by atoms with Crippen molar-refractivity contribution in [2.75, 3.05) is 19.8 Å². The first-order valence-electron chi connectivity index (χ1n) is 10.8. The topological polar surface area (TPSA) is 71.6 Å². The number of nitrogens with one attached hydrogen (secondary N) is 1. The molecule has 162 valence electrons. The Morgan fingerprint density at radius 1 is 1.00 bits per heavy atom. The van der Waals surface area contributed by atoms with Crippen LogP contribution in [0.1, 0.15) is 37.1 Å². The van der Waals surface area contributed by atoms with Crippen molar-refractivity contribution in [2.45, 2.75) is 38.8 Å². The van der Waals surface area contributed by atoms with Gasteiger partial charge in [-0.2, -0.15) is 0 Å². The summed E-state index contributed by atoms with van der Waals surface area (Å²) < 4.78 is 10.9. The molecule has 0 spiro atoms. The van der Waals surface area contributed by atoms with E-state index in [1.165, 1.54) is 0 Å². The molecule has 0 fully saturated rings. The zero-order valence-electron chi connectivity index (χ0n) is 18.0. The van der Waals surface area contributed by atoms with Gasteiger partial charge in [0.15, 0.2) is 5.54 Å². The fourth-order valence-corrected chi connectivity index (χ4v) is 4.60. The second-order valence-electron chi connectivity index (χ2n) is 7.74.